The van der Waals surface area contributed by atoms with E-state index in [0.29, 0.717) is 0 Å². The zero-order valence-electron chi connectivity index (χ0n) is 18.4. The number of hydrogen-bond acceptors (Lipinski definition) is 1. The molecular formula is C30H16IN3O. The summed E-state index contributed by atoms with van der Waals surface area (Å²) >= 11 is 2.44. The minimum absolute atomic E-state index is 1.09. The Kier molecular flexibility index (Phi) is 3.24. The highest BCUT2D eigenvalue weighted by Gasteiger charge is 2.26. The lowest BCUT2D eigenvalue weighted by Crippen LogP contribution is -1.92. The molecule has 0 atom stereocenters. The van der Waals surface area contributed by atoms with Gasteiger partial charge in [-0.15, -0.1) is 0 Å². The maximum atomic E-state index is 5.89. The molecule has 0 unspecified atom stereocenters. The number of aromatic nitrogens is 3. The van der Waals surface area contributed by atoms with Crippen molar-refractivity contribution in [1.29, 1.82) is 0 Å². The zero-order chi connectivity index (χ0) is 22.8. The lowest BCUT2D eigenvalue weighted by atomic mass is 10.1. The predicted octanol–water partition coefficient (Wildman–Crippen LogP) is 8.68. The Morgan fingerprint density at radius 2 is 1.29 bits per heavy atom. The SMILES string of the molecule is In1c2cccc3c4cocc4n4c5c(ccc1c5c32)c1c4c2ccccc2n1-c1ccccc1. The largest absolute Gasteiger partial charge is 0.470 e. The Labute approximate surface area is 212 Å². The molecule has 9 rings (SSSR count). The van der Waals surface area contributed by atoms with Gasteiger partial charge in [0.1, 0.15) is 12.5 Å². The van der Waals surface area contributed by atoms with E-state index in [1.165, 1.54) is 65.7 Å². The highest BCUT2D eigenvalue weighted by atomic mass is 127. The molecule has 35 heavy (non-hydrogen) atoms. The monoisotopic (exact) mass is 561 g/mol. The normalized spacial score (nSPS) is 12.7. The van der Waals surface area contributed by atoms with Crippen LogP contribution in [0, 0.1) is 0 Å². The van der Waals surface area contributed by atoms with E-state index in [-0.39, 0.29) is 0 Å². The van der Waals surface area contributed by atoms with Crippen LogP contribution in [0.1, 0.15) is 0 Å². The van der Waals surface area contributed by atoms with Crippen LogP contribution >= 0.6 is 22.9 Å². The fourth-order valence-corrected chi connectivity index (χ4v) is 7.10. The van der Waals surface area contributed by atoms with Crippen molar-refractivity contribution in [2.24, 2.45) is 0 Å². The molecule has 0 aliphatic rings. The molecule has 5 heteroatoms. The minimum atomic E-state index is 1.09. The van der Waals surface area contributed by atoms with E-state index >= 15 is 0 Å². The number of benzene rings is 4. The van der Waals surface area contributed by atoms with E-state index in [1.54, 1.807) is 0 Å². The van der Waals surface area contributed by atoms with Gasteiger partial charge in [0.25, 0.3) is 0 Å². The van der Waals surface area contributed by atoms with Crippen molar-refractivity contribution in [3.63, 3.8) is 0 Å². The Morgan fingerprint density at radius 1 is 0.514 bits per heavy atom. The van der Waals surface area contributed by atoms with Gasteiger partial charge in [-0.2, -0.15) is 0 Å². The van der Waals surface area contributed by atoms with E-state index < -0.39 is 0 Å². The molecular weight excluding hydrogens is 545 g/mol. The van der Waals surface area contributed by atoms with Crippen LogP contribution in [0.3, 0.4) is 0 Å². The number of para-hydroxylation sites is 2. The molecule has 4 aromatic carbocycles. The Bertz CT molecular complexity index is 2280. The number of fused-ring (bicyclic) bond motifs is 8. The van der Waals surface area contributed by atoms with Crippen molar-refractivity contribution in [2.75, 3.05) is 0 Å². The fraction of sp³-hybridized carbons (Fsp3) is 0. The molecule has 5 aromatic heterocycles. The van der Waals surface area contributed by atoms with Crippen LogP contribution < -0.4 is 0 Å². The molecule has 4 nitrogen and oxygen atoms in total. The standard InChI is InChI=1S/C30H16IN3O/c31-34-23-12-6-10-18-21-15-35-16-25(21)33-28-20(13-14-24(34)27(28)26(18)23)30-29(33)19-9-4-5-11-22(19)32(30)17-7-2-1-3-8-17/h1-16H. The zero-order valence-corrected chi connectivity index (χ0v) is 20.5. The van der Waals surface area contributed by atoms with E-state index in [4.69, 9.17) is 4.42 Å². The summed E-state index contributed by atoms with van der Waals surface area (Å²) in [7, 11) is 0. The number of hydrogen-bond donors (Lipinski definition) is 0. The van der Waals surface area contributed by atoms with E-state index in [0.717, 1.165) is 10.9 Å². The maximum absolute atomic E-state index is 5.89. The van der Waals surface area contributed by atoms with E-state index in [1.807, 2.05) is 12.5 Å². The number of halogens is 1. The van der Waals surface area contributed by atoms with Crippen LogP contribution in [0.25, 0.3) is 76.6 Å². The van der Waals surface area contributed by atoms with Gasteiger partial charge >= 0.3 is 0 Å². The first-order valence-electron chi connectivity index (χ1n) is 11.6. The van der Waals surface area contributed by atoms with Gasteiger partial charge in [-0.3, -0.25) is 2.78 Å². The van der Waals surface area contributed by atoms with Crippen LogP contribution in [0.4, 0.5) is 0 Å². The lowest BCUT2D eigenvalue weighted by Gasteiger charge is -2.07. The van der Waals surface area contributed by atoms with Gasteiger partial charge in [0.15, 0.2) is 0 Å². The van der Waals surface area contributed by atoms with Crippen molar-refractivity contribution < 1.29 is 4.42 Å². The number of nitrogens with zero attached hydrogens (tertiary/aromatic N) is 3. The lowest BCUT2D eigenvalue weighted by molar-refractivity contribution is 0.571. The first-order chi connectivity index (χ1) is 17.3. The highest BCUT2D eigenvalue weighted by molar-refractivity contribution is 14.1. The van der Waals surface area contributed by atoms with Crippen LogP contribution in [0.15, 0.2) is 102 Å². The number of rotatable bonds is 1. The van der Waals surface area contributed by atoms with Crippen LogP contribution in [-0.2, 0) is 0 Å². The van der Waals surface area contributed by atoms with Crippen LogP contribution in [0.2, 0.25) is 0 Å². The second kappa shape index (κ2) is 6.17. The summed E-state index contributed by atoms with van der Waals surface area (Å²) in [5.41, 5.74) is 9.63. The second-order valence-corrected chi connectivity index (χ2v) is 10.2. The maximum Gasteiger partial charge on any atom is 0.115 e. The third-order valence-corrected chi connectivity index (χ3v) is 8.65. The van der Waals surface area contributed by atoms with Gasteiger partial charge in [0.05, 0.1) is 61.5 Å². The molecule has 9 aromatic rings. The van der Waals surface area contributed by atoms with Crippen LogP contribution in [0.5, 0.6) is 0 Å². The molecule has 0 bridgehead atoms. The summed E-state index contributed by atoms with van der Waals surface area (Å²) in [6.45, 7) is 0. The van der Waals surface area contributed by atoms with Gasteiger partial charge in [0, 0.05) is 32.6 Å². The van der Waals surface area contributed by atoms with Crippen molar-refractivity contribution in [3.05, 3.63) is 97.5 Å². The average Bonchev–Trinajstić information content (AvgIpc) is 3.63. The molecule has 0 saturated heterocycles. The molecule has 0 fully saturated rings. The Hall–Kier alpha value is -3.97. The first kappa shape index (κ1) is 18.4. The van der Waals surface area contributed by atoms with Crippen molar-refractivity contribution >= 4 is 93.8 Å². The smallest absolute Gasteiger partial charge is 0.115 e. The fourth-order valence-electron chi connectivity index (χ4n) is 6.29. The summed E-state index contributed by atoms with van der Waals surface area (Å²) in [5.74, 6) is 0. The first-order valence-corrected chi connectivity index (χ1v) is 12.6. The second-order valence-electron chi connectivity index (χ2n) is 9.23. The predicted molar refractivity (Wildman–Crippen MR) is 153 cm³/mol. The number of furan rings is 1. The Balaban J connectivity index is 1.73. The molecule has 164 valence electrons. The van der Waals surface area contributed by atoms with Crippen molar-refractivity contribution in [3.8, 4) is 5.69 Å². The van der Waals surface area contributed by atoms with Crippen molar-refractivity contribution in [2.45, 2.75) is 0 Å². The quantitative estimate of drug-likeness (QED) is 0.184. The average molecular weight is 561 g/mol. The summed E-state index contributed by atoms with van der Waals surface area (Å²) in [5, 5.41) is 7.44. The van der Waals surface area contributed by atoms with Gasteiger partial charge < -0.3 is 13.4 Å². The molecule has 0 radical (unpaired) electrons. The van der Waals surface area contributed by atoms with Gasteiger partial charge in [-0.05, 0) is 41.8 Å². The summed E-state index contributed by atoms with van der Waals surface area (Å²) in [6, 6.07) is 30.6. The highest BCUT2D eigenvalue weighted by Crippen LogP contribution is 2.47. The molecule has 0 aliphatic carbocycles. The molecule has 5 heterocycles. The van der Waals surface area contributed by atoms with Gasteiger partial charge in [-0.25, -0.2) is 0 Å². The summed E-state index contributed by atoms with van der Waals surface area (Å²) < 4.78 is 13.0. The topological polar surface area (TPSA) is 27.4 Å². The molecule has 0 saturated carbocycles. The van der Waals surface area contributed by atoms with Crippen LogP contribution in [-0.4, -0.2) is 11.7 Å². The Morgan fingerprint density at radius 3 is 2.20 bits per heavy atom. The molecule has 0 aliphatic heterocycles. The summed E-state index contributed by atoms with van der Waals surface area (Å²) in [4.78, 5) is 0. The van der Waals surface area contributed by atoms with Gasteiger partial charge in [-0.1, -0.05) is 48.5 Å². The van der Waals surface area contributed by atoms with Crippen molar-refractivity contribution in [1.82, 2.24) is 11.7 Å². The van der Waals surface area contributed by atoms with E-state index in [2.05, 4.69) is 120 Å². The van der Waals surface area contributed by atoms with Gasteiger partial charge in [0.2, 0.25) is 0 Å². The molecule has 0 spiro atoms. The molecule has 0 amide bonds. The third kappa shape index (κ3) is 2.02. The van der Waals surface area contributed by atoms with E-state index in [9.17, 15) is 0 Å². The minimum Gasteiger partial charge on any atom is -0.470 e. The molecule has 0 N–H and O–H groups in total. The summed E-state index contributed by atoms with van der Waals surface area (Å²) in [6.07, 6.45) is 3.81. The third-order valence-electron chi connectivity index (χ3n) is 7.61.